The fraction of sp³-hybridized carbons (Fsp3) is 0.231. The van der Waals surface area contributed by atoms with E-state index in [2.05, 4.69) is 15.6 Å². The van der Waals surface area contributed by atoms with Crippen molar-refractivity contribution in [2.45, 2.75) is 13.0 Å². The summed E-state index contributed by atoms with van der Waals surface area (Å²) in [6.45, 7) is 2.01. The highest BCUT2D eigenvalue weighted by atomic mass is 35.5. The molecule has 1 amide bonds. The number of nitrogens with zero attached hydrogens (tertiary/aromatic N) is 1. The van der Waals surface area contributed by atoms with Gasteiger partial charge in [-0.1, -0.05) is 23.7 Å². The van der Waals surface area contributed by atoms with Gasteiger partial charge in [-0.3, -0.25) is 10.1 Å². The molecule has 6 heteroatoms. The van der Waals surface area contributed by atoms with Crippen LogP contribution >= 0.6 is 22.9 Å². The summed E-state index contributed by atoms with van der Waals surface area (Å²) in [6, 6.07) is 7.09. The van der Waals surface area contributed by atoms with Crippen molar-refractivity contribution in [3.8, 4) is 0 Å². The van der Waals surface area contributed by atoms with Gasteiger partial charge < -0.3 is 5.32 Å². The molecular weight excluding hydrogens is 282 g/mol. The first-order chi connectivity index (χ1) is 9.11. The fourth-order valence-corrected chi connectivity index (χ4v) is 2.52. The van der Waals surface area contributed by atoms with Gasteiger partial charge >= 0.3 is 0 Å². The Morgan fingerprint density at radius 3 is 2.84 bits per heavy atom. The smallest absolute Gasteiger partial charge is 0.258 e. The number of amides is 1. The minimum Gasteiger partial charge on any atom is -0.312 e. The number of carbonyl (C=O) groups is 1. The van der Waals surface area contributed by atoms with Crippen LogP contribution in [-0.4, -0.2) is 17.9 Å². The van der Waals surface area contributed by atoms with Crippen LogP contribution in [0.1, 0.15) is 29.0 Å². The van der Waals surface area contributed by atoms with Gasteiger partial charge in [0.25, 0.3) is 5.91 Å². The maximum atomic E-state index is 12.0. The second-order valence-corrected chi connectivity index (χ2v) is 5.29. The number of rotatable bonds is 4. The molecule has 0 saturated carbocycles. The Hall–Kier alpha value is -1.43. The predicted molar refractivity (Wildman–Crippen MR) is 79.0 cm³/mol. The Balaban J connectivity index is 2.11. The van der Waals surface area contributed by atoms with Crippen molar-refractivity contribution in [3.63, 3.8) is 0 Å². The summed E-state index contributed by atoms with van der Waals surface area (Å²) in [6.07, 6.45) is 0. The Labute approximate surface area is 120 Å². The number of aromatic nitrogens is 1. The van der Waals surface area contributed by atoms with Crippen molar-refractivity contribution in [2.75, 3.05) is 12.4 Å². The lowest BCUT2D eigenvalue weighted by Gasteiger charge is -2.05. The molecule has 0 bridgehead atoms. The van der Waals surface area contributed by atoms with E-state index in [9.17, 15) is 4.79 Å². The van der Waals surface area contributed by atoms with E-state index in [0.29, 0.717) is 15.7 Å². The van der Waals surface area contributed by atoms with Crippen molar-refractivity contribution in [2.24, 2.45) is 0 Å². The van der Waals surface area contributed by atoms with Gasteiger partial charge in [0.2, 0.25) is 0 Å². The lowest BCUT2D eigenvalue weighted by Crippen LogP contribution is -2.14. The van der Waals surface area contributed by atoms with Crippen LogP contribution in [0.5, 0.6) is 0 Å². The van der Waals surface area contributed by atoms with Crippen LogP contribution in [0.15, 0.2) is 29.6 Å². The summed E-state index contributed by atoms with van der Waals surface area (Å²) in [7, 11) is 1.87. The SMILES string of the molecule is CNC(C)c1csc(NC(=O)c2ccccc2Cl)n1. The molecule has 0 aliphatic rings. The number of hydrogen-bond donors (Lipinski definition) is 2. The number of anilines is 1. The van der Waals surface area contributed by atoms with E-state index in [-0.39, 0.29) is 11.9 Å². The maximum absolute atomic E-state index is 12.0. The molecule has 4 nitrogen and oxygen atoms in total. The van der Waals surface area contributed by atoms with Gasteiger partial charge in [0.15, 0.2) is 5.13 Å². The van der Waals surface area contributed by atoms with Crippen LogP contribution in [0.3, 0.4) is 0 Å². The normalized spacial score (nSPS) is 12.2. The monoisotopic (exact) mass is 295 g/mol. The molecular formula is C13H14ClN3OS. The summed E-state index contributed by atoms with van der Waals surface area (Å²) < 4.78 is 0. The Morgan fingerprint density at radius 1 is 1.42 bits per heavy atom. The predicted octanol–water partition coefficient (Wildman–Crippen LogP) is 3.33. The van der Waals surface area contributed by atoms with E-state index in [1.165, 1.54) is 11.3 Å². The van der Waals surface area contributed by atoms with E-state index in [0.717, 1.165) is 5.69 Å². The highest BCUT2D eigenvalue weighted by Crippen LogP contribution is 2.22. The number of halogens is 1. The highest BCUT2D eigenvalue weighted by molar-refractivity contribution is 7.14. The topological polar surface area (TPSA) is 54.0 Å². The summed E-state index contributed by atoms with van der Waals surface area (Å²) >= 11 is 7.37. The molecule has 2 rings (SSSR count). The van der Waals surface area contributed by atoms with Crippen LogP contribution in [0.2, 0.25) is 5.02 Å². The minimum atomic E-state index is -0.247. The third-order valence-corrected chi connectivity index (χ3v) is 3.84. The van der Waals surface area contributed by atoms with Crippen LogP contribution in [0, 0.1) is 0 Å². The van der Waals surface area contributed by atoms with Gasteiger partial charge in [-0.25, -0.2) is 4.98 Å². The quantitative estimate of drug-likeness (QED) is 0.910. The van der Waals surface area contributed by atoms with Crippen molar-refractivity contribution >= 4 is 34.0 Å². The number of thiazole rings is 1. The average molecular weight is 296 g/mol. The van der Waals surface area contributed by atoms with Crippen molar-refractivity contribution in [1.29, 1.82) is 0 Å². The van der Waals surface area contributed by atoms with E-state index < -0.39 is 0 Å². The highest BCUT2D eigenvalue weighted by Gasteiger charge is 2.13. The zero-order chi connectivity index (χ0) is 13.8. The van der Waals surface area contributed by atoms with Crippen molar-refractivity contribution in [1.82, 2.24) is 10.3 Å². The molecule has 0 fully saturated rings. The van der Waals surface area contributed by atoms with E-state index in [1.807, 2.05) is 19.4 Å². The summed E-state index contributed by atoms with van der Waals surface area (Å²) in [5.74, 6) is -0.247. The third kappa shape index (κ3) is 3.32. The summed E-state index contributed by atoms with van der Waals surface area (Å²) in [5, 5.41) is 8.78. The first-order valence-corrected chi connectivity index (χ1v) is 7.06. The lowest BCUT2D eigenvalue weighted by atomic mass is 10.2. The van der Waals surface area contributed by atoms with Gasteiger partial charge in [0, 0.05) is 11.4 Å². The molecule has 0 aliphatic heterocycles. The molecule has 2 aromatic rings. The Morgan fingerprint density at radius 2 is 2.16 bits per heavy atom. The molecule has 1 atom stereocenters. The van der Waals surface area contributed by atoms with Gasteiger partial charge in [-0.2, -0.15) is 0 Å². The van der Waals surface area contributed by atoms with Crippen molar-refractivity contribution < 1.29 is 4.79 Å². The first kappa shape index (κ1) is 14.0. The molecule has 0 saturated heterocycles. The van der Waals surface area contributed by atoms with Crippen LogP contribution < -0.4 is 10.6 Å². The summed E-state index contributed by atoms with van der Waals surface area (Å²) in [5.41, 5.74) is 1.35. The number of nitrogens with one attached hydrogen (secondary N) is 2. The van der Waals surface area contributed by atoms with E-state index >= 15 is 0 Å². The van der Waals surface area contributed by atoms with Crippen LogP contribution in [0.4, 0.5) is 5.13 Å². The second-order valence-electron chi connectivity index (χ2n) is 4.02. The molecule has 1 aromatic heterocycles. The van der Waals surface area contributed by atoms with E-state index in [4.69, 9.17) is 11.6 Å². The Bertz CT molecular complexity index is 585. The molecule has 0 spiro atoms. The van der Waals surface area contributed by atoms with Crippen LogP contribution in [0.25, 0.3) is 0 Å². The number of carbonyl (C=O) groups excluding carboxylic acids is 1. The summed E-state index contributed by atoms with van der Waals surface area (Å²) in [4.78, 5) is 16.4. The molecule has 1 aromatic carbocycles. The van der Waals surface area contributed by atoms with Gasteiger partial charge in [-0.15, -0.1) is 11.3 Å². The van der Waals surface area contributed by atoms with Crippen molar-refractivity contribution in [3.05, 3.63) is 45.9 Å². The molecule has 2 N–H and O–H groups in total. The molecule has 19 heavy (non-hydrogen) atoms. The minimum absolute atomic E-state index is 0.155. The zero-order valence-corrected chi connectivity index (χ0v) is 12.2. The number of benzene rings is 1. The lowest BCUT2D eigenvalue weighted by molar-refractivity contribution is 0.102. The number of hydrogen-bond acceptors (Lipinski definition) is 4. The molecule has 0 aliphatic carbocycles. The van der Waals surface area contributed by atoms with Gasteiger partial charge in [0.1, 0.15) is 0 Å². The first-order valence-electron chi connectivity index (χ1n) is 5.80. The van der Waals surface area contributed by atoms with Crippen LogP contribution in [-0.2, 0) is 0 Å². The second kappa shape index (κ2) is 6.14. The van der Waals surface area contributed by atoms with E-state index in [1.54, 1.807) is 24.3 Å². The largest absolute Gasteiger partial charge is 0.312 e. The standard InChI is InChI=1S/C13H14ClN3OS/c1-8(15-2)11-7-19-13(16-11)17-12(18)9-5-3-4-6-10(9)14/h3-8,15H,1-2H3,(H,16,17,18). The zero-order valence-electron chi connectivity index (χ0n) is 10.6. The fourth-order valence-electron chi connectivity index (χ4n) is 1.50. The maximum Gasteiger partial charge on any atom is 0.258 e. The molecule has 0 radical (unpaired) electrons. The third-order valence-electron chi connectivity index (χ3n) is 2.74. The average Bonchev–Trinajstić information content (AvgIpc) is 2.86. The Kier molecular flexibility index (Phi) is 4.52. The molecule has 100 valence electrons. The molecule has 1 unspecified atom stereocenters. The van der Waals surface area contributed by atoms with Gasteiger partial charge in [0.05, 0.1) is 16.3 Å². The van der Waals surface area contributed by atoms with Gasteiger partial charge in [-0.05, 0) is 26.1 Å². The molecule has 1 heterocycles.